The van der Waals surface area contributed by atoms with E-state index in [1.807, 2.05) is 25.7 Å². The van der Waals surface area contributed by atoms with Crippen molar-refractivity contribution in [1.29, 1.82) is 10.8 Å². The van der Waals surface area contributed by atoms with Crippen LogP contribution in [0.3, 0.4) is 0 Å². The zero-order valence-electron chi connectivity index (χ0n) is 28.4. The molecule has 2 atom stereocenters. The summed E-state index contributed by atoms with van der Waals surface area (Å²) < 4.78 is 38.4. The molecule has 262 valence electrons. The van der Waals surface area contributed by atoms with Crippen LogP contribution >= 0.6 is 0 Å². The molecule has 9 nitrogen and oxygen atoms in total. The number of hydrogen-bond donors (Lipinski definition) is 3. The van der Waals surface area contributed by atoms with Crippen molar-refractivity contribution < 1.29 is 29.3 Å². The van der Waals surface area contributed by atoms with Crippen LogP contribution in [-0.4, -0.2) is 77.8 Å². The molecule has 3 aliphatic heterocycles. The number of hydrogen-bond acceptors (Lipinski definition) is 7. The molecular weight excluding hydrogens is 616 g/mol. The highest BCUT2D eigenvalue weighted by atomic mass is 19.3. The average molecular weight is 668 g/mol. The second kappa shape index (κ2) is 16.4. The highest BCUT2D eigenvalue weighted by Gasteiger charge is 2.43. The van der Waals surface area contributed by atoms with E-state index in [2.05, 4.69) is 0 Å². The summed E-state index contributed by atoms with van der Waals surface area (Å²) in [7, 11) is 0. The Kier molecular flexibility index (Phi) is 12.6. The lowest BCUT2D eigenvalue weighted by Crippen LogP contribution is -2.52. The van der Waals surface area contributed by atoms with Crippen molar-refractivity contribution in [2.24, 2.45) is 23.5 Å². The maximum absolute atomic E-state index is 13.5. The highest BCUT2D eigenvalue weighted by molar-refractivity contribution is 6.10. The van der Waals surface area contributed by atoms with Gasteiger partial charge in [-0.1, -0.05) is 33.8 Å². The number of primary amides is 1. The van der Waals surface area contributed by atoms with E-state index >= 15 is 0 Å². The maximum Gasteiger partial charge on any atom is 0.263 e. The van der Waals surface area contributed by atoms with Crippen LogP contribution in [0, 0.1) is 28.6 Å². The quantitative estimate of drug-likeness (QED) is 0.236. The van der Waals surface area contributed by atoms with Gasteiger partial charge in [-0.25, -0.2) is 8.78 Å². The predicted molar refractivity (Wildman–Crippen MR) is 185 cm³/mol. The molecule has 0 aromatic heterocycles. The number of ether oxygens (including phenoxy) is 2. The number of amides is 2. The van der Waals surface area contributed by atoms with Gasteiger partial charge in [0.15, 0.2) is 0 Å². The molecule has 2 amide bonds. The normalized spacial score (nSPS) is 21.6. The van der Waals surface area contributed by atoms with Gasteiger partial charge in [0.25, 0.3) is 5.92 Å². The van der Waals surface area contributed by atoms with E-state index in [-0.39, 0.29) is 19.8 Å². The first kappa shape index (κ1) is 36.9. The fourth-order valence-corrected chi connectivity index (χ4v) is 5.99. The molecule has 0 bridgehead atoms. The molecule has 0 saturated carbocycles. The summed E-state index contributed by atoms with van der Waals surface area (Å²) >= 11 is 0. The summed E-state index contributed by atoms with van der Waals surface area (Å²) in [6.07, 6.45) is 6.22. The highest BCUT2D eigenvalue weighted by Crippen LogP contribution is 2.34. The lowest BCUT2D eigenvalue weighted by atomic mass is 9.92. The minimum absolute atomic E-state index is 0. The summed E-state index contributed by atoms with van der Waals surface area (Å²) in [5.41, 5.74) is 8.01. The lowest BCUT2D eigenvalue weighted by Gasteiger charge is -2.42. The number of nitrogens with two attached hydrogens (primary N) is 1. The molecule has 3 saturated heterocycles. The van der Waals surface area contributed by atoms with Gasteiger partial charge in [0, 0.05) is 62.9 Å². The van der Waals surface area contributed by atoms with Crippen LogP contribution in [0.1, 0.15) is 76.3 Å². The van der Waals surface area contributed by atoms with Gasteiger partial charge in [-0.3, -0.25) is 14.5 Å². The van der Waals surface area contributed by atoms with Crippen molar-refractivity contribution >= 4 is 23.2 Å². The van der Waals surface area contributed by atoms with E-state index < -0.39 is 17.7 Å². The predicted octanol–water partition coefficient (Wildman–Crippen LogP) is 6.93. The smallest absolute Gasteiger partial charge is 0.263 e. The molecule has 0 spiro atoms. The first-order valence-corrected chi connectivity index (χ1v) is 16.8. The molecular formula is C37H51F2N5O4. The summed E-state index contributed by atoms with van der Waals surface area (Å²) in [5.74, 6) is -2.00. The Hall–Kier alpha value is -3.96. The second-order valence-electron chi connectivity index (χ2n) is 13.5. The number of alkyl halides is 2. The van der Waals surface area contributed by atoms with E-state index in [9.17, 15) is 18.4 Å². The topological polar surface area (TPSA) is 133 Å². The van der Waals surface area contributed by atoms with Crippen molar-refractivity contribution in [3.63, 3.8) is 0 Å². The number of carbonyl (C=O) groups is 2. The molecule has 48 heavy (non-hydrogen) atoms. The molecule has 2 aromatic carbocycles. The maximum atomic E-state index is 13.5. The summed E-state index contributed by atoms with van der Waals surface area (Å²) in [6, 6.07) is 12.3. The van der Waals surface area contributed by atoms with E-state index in [0.717, 1.165) is 38.2 Å². The first-order valence-electron chi connectivity index (χ1n) is 16.8. The fraction of sp³-hybridized carbons (Fsp3) is 0.514. The Bertz CT molecular complexity index is 1490. The molecule has 5 rings (SSSR count). The third kappa shape index (κ3) is 10.0. The zero-order chi connectivity index (χ0) is 35.0. The molecule has 0 unspecified atom stereocenters. The van der Waals surface area contributed by atoms with Crippen LogP contribution in [-0.2, 0) is 16.1 Å². The second-order valence-corrected chi connectivity index (χ2v) is 13.5. The Labute approximate surface area is 284 Å². The standard InChI is InChI=1S/C26H30N4O3.C11H19F2NO.H2/c1-16(2)22(27)10-11-23(28)18-6-8-21(9-7-18)33-24-13-19(26(29)32)4-5-20(24)15-30-14-17(3)12-25(30)31;1-9-2-5-14(8-11(9,12)13)10-3-6-15-7-4-10;/h4-11,13,16-17,27-28H,12,14-15H2,1-3H3,(H2,29,32);9-10H,2-8H2,1H3;1H/b11-10-,27-22?,28-23?;;/t17-;9-;/m01./s1. The molecule has 3 fully saturated rings. The number of benzene rings is 2. The van der Waals surface area contributed by atoms with Gasteiger partial charge >= 0.3 is 0 Å². The minimum atomic E-state index is -2.50. The van der Waals surface area contributed by atoms with Crippen molar-refractivity contribution in [3.05, 3.63) is 71.3 Å². The van der Waals surface area contributed by atoms with Crippen LogP contribution < -0.4 is 10.5 Å². The minimum Gasteiger partial charge on any atom is -0.457 e. The molecule has 3 aliphatic rings. The van der Waals surface area contributed by atoms with Gasteiger partial charge in [-0.2, -0.15) is 0 Å². The van der Waals surface area contributed by atoms with Crippen LogP contribution in [0.2, 0.25) is 0 Å². The number of nitrogens with zero attached hydrogens (tertiary/aromatic N) is 2. The summed E-state index contributed by atoms with van der Waals surface area (Å²) in [4.78, 5) is 27.7. The number of rotatable bonds is 10. The molecule has 4 N–H and O–H groups in total. The Morgan fingerprint density at radius 1 is 1.08 bits per heavy atom. The first-order chi connectivity index (χ1) is 22.7. The Morgan fingerprint density at radius 2 is 1.75 bits per heavy atom. The van der Waals surface area contributed by atoms with E-state index in [0.29, 0.717) is 71.9 Å². The number of allylic oxidation sites excluding steroid dienone is 2. The van der Waals surface area contributed by atoms with Crippen LogP contribution in [0.4, 0.5) is 8.78 Å². The number of likely N-dealkylation sites (tertiary alicyclic amines) is 2. The van der Waals surface area contributed by atoms with Gasteiger partial charge < -0.3 is 30.9 Å². The number of piperidine rings is 1. The summed E-state index contributed by atoms with van der Waals surface area (Å²) in [6.45, 7) is 10.9. The molecule has 0 aliphatic carbocycles. The molecule has 0 radical (unpaired) electrons. The fourth-order valence-electron chi connectivity index (χ4n) is 5.99. The van der Waals surface area contributed by atoms with Gasteiger partial charge in [0.1, 0.15) is 11.5 Å². The van der Waals surface area contributed by atoms with Crippen LogP contribution in [0.15, 0.2) is 54.6 Å². The zero-order valence-corrected chi connectivity index (χ0v) is 28.4. The average Bonchev–Trinajstić information content (AvgIpc) is 3.38. The lowest BCUT2D eigenvalue weighted by molar-refractivity contribution is -0.128. The van der Waals surface area contributed by atoms with Crippen LogP contribution in [0.5, 0.6) is 11.5 Å². The Morgan fingerprint density at radius 3 is 2.33 bits per heavy atom. The van der Waals surface area contributed by atoms with E-state index in [1.165, 1.54) is 0 Å². The molecule has 3 heterocycles. The third-order valence-corrected chi connectivity index (χ3v) is 9.26. The van der Waals surface area contributed by atoms with Crippen molar-refractivity contribution in [1.82, 2.24) is 9.80 Å². The van der Waals surface area contributed by atoms with Gasteiger partial charge in [-0.15, -0.1) is 0 Å². The van der Waals surface area contributed by atoms with E-state index in [4.69, 9.17) is 26.0 Å². The number of carbonyl (C=O) groups excluding carboxylic acids is 2. The van der Waals surface area contributed by atoms with Crippen molar-refractivity contribution in [2.45, 2.75) is 71.9 Å². The van der Waals surface area contributed by atoms with Gasteiger partial charge in [0.2, 0.25) is 11.8 Å². The van der Waals surface area contributed by atoms with Gasteiger partial charge in [-0.05, 0) is 91.8 Å². The van der Waals surface area contributed by atoms with Gasteiger partial charge in [0.05, 0.1) is 12.3 Å². The van der Waals surface area contributed by atoms with Crippen molar-refractivity contribution in [3.8, 4) is 11.5 Å². The van der Waals surface area contributed by atoms with Crippen molar-refractivity contribution in [2.75, 3.05) is 32.8 Å². The van der Waals surface area contributed by atoms with Crippen LogP contribution in [0.25, 0.3) is 0 Å². The largest absolute Gasteiger partial charge is 0.457 e. The molecule has 11 heteroatoms. The number of halogens is 2. The number of nitrogens with one attached hydrogen (secondary N) is 2. The van der Waals surface area contributed by atoms with E-state index in [1.54, 1.807) is 66.4 Å². The third-order valence-electron chi connectivity index (χ3n) is 9.26. The molecule has 2 aromatic rings. The Balaban J connectivity index is 0.000000339. The monoisotopic (exact) mass is 667 g/mol. The SMILES string of the molecule is CC(C)C(=N)/C=C\C(=N)c1ccc(Oc2cc(C(N)=O)ccc2CN2C[C@@H](C)CC2=O)cc1.C[C@@H]1CCN(C2CCOCC2)CC1(F)F.[HH]. The summed E-state index contributed by atoms with van der Waals surface area (Å²) in [5, 5.41) is 16.1.